The molecule has 0 aliphatic heterocycles. The first-order chi connectivity index (χ1) is 13.5. The van der Waals surface area contributed by atoms with E-state index < -0.39 is 11.7 Å². The van der Waals surface area contributed by atoms with Crippen molar-refractivity contribution >= 4 is 23.2 Å². The number of hydrogen-bond acceptors (Lipinski definition) is 3. The van der Waals surface area contributed by atoms with Gasteiger partial charge in [-0.1, -0.05) is 30.3 Å². The predicted octanol–water partition coefficient (Wildman–Crippen LogP) is 4.13. The largest absolute Gasteiger partial charge is 0.326 e. The maximum atomic E-state index is 13.9. The summed E-state index contributed by atoms with van der Waals surface area (Å²) in [5, 5.41) is 14.1. The molecule has 5 nitrogen and oxygen atoms in total. The minimum absolute atomic E-state index is 0.143. The summed E-state index contributed by atoms with van der Waals surface area (Å²) in [6.45, 7) is 0. The summed E-state index contributed by atoms with van der Waals surface area (Å²) in [5.74, 6) is -1.54. The lowest BCUT2D eigenvalue weighted by atomic mass is 10.1. The van der Waals surface area contributed by atoms with Crippen molar-refractivity contribution in [2.45, 2.75) is 6.42 Å². The summed E-state index contributed by atoms with van der Waals surface area (Å²) in [6, 6.07) is 21.4. The Labute approximate surface area is 161 Å². The molecule has 0 aliphatic carbocycles. The zero-order valence-electron chi connectivity index (χ0n) is 14.8. The van der Waals surface area contributed by atoms with Crippen LogP contribution < -0.4 is 10.6 Å². The van der Waals surface area contributed by atoms with Crippen LogP contribution in [0.5, 0.6) is 0 Å². The van der Waals surface area contributed by atoms with Gasteiger partial charge in [-0.25, -0.2) is 4.39 Å². The number of anilines is 2. The molecule has 2 amide bonds. The fourth-order valence-corrected chi connectivity index (χ4v) is 2.59. The topological polar surface area (TPSA) is 82.0 Å². The third kappa shape index (κ3) is 4.80. The minimum Gasteiger partial charge on any atom is -0.326 e. The van der Waals surface area contributed by atoms with Crippen molar-refractivity contribution in [1.82, 2.24) is 0 Å². The van der Waals surface area contributed by atoms with Crippen LogP contribution in [0.1, 0.15) is 21.5 Å². The number of carbonyl (C=O) groups is 2. The van der Waals surface area contributed by atoms with Crippen LogP contribution in [0.2, 0.25) is 0 Å². The first-order valence-corrected chi connectivity index (χ1v) is 8.50. The monoisotopic (exact) mass is 373 g/mol. The Balaban J connectivity index is 1.60. The first kappa shape index (κ1) is 18.8. The molecule has 0 aromatic heterocycles. The van der Waals surface area contributed by atoms with Gasteiger partial charge in [0.1, 0.15) is 5.82 Å². The zero-order chi connectivity index (χ0) is 19.9. The summed E-state index contributed by atoms with van der Waals surface area (Å²) >= 11 is 0. The molecule has 0 aliphatic rings. The second-order valence-electron chi connectivity index (χ2n) is 6.05. The average molecular weight is 373 g/mol. The normalized spacial score (nSPS) is 10.0. The molecule has 3 aromatic rings. The molecule has 0 spiro atoms. The van der Waals surface area contributed by atoms with Gasteiger partial charge in [-0.05, 0) is 48.0 Å². The Morgan fingerprint density at radius 2 is 1.54 bits per heavy atom. The van der Waals surface area contributed by atoms with Crippen LogP contribution in [0, 0.1) is 17.1 Å². The molecule has 0 bridgehead atoms. The molecule has 0 atom stereocenters. The van der Waals surface area contributed by atoms with Gasteiger partial charge in [-0.15, -0.1) is 0 Å². The Hall–Kier alpha value is -3.98. The van der Waals surface area contributed by atoms with Crippen LogP contribution in [0.4, 0.5) is 15.8 Å². The van der Waals surface area contributed by atoms with E-state index in [0.717, 1.165) is 11.6 Å². The van der Waals surface area contributed by atoms with Gasteiger partial charge in [0, 0.05) is 11.4 Å². The average Bonchev–Trinajstić information content (AvgIpc) is 2.70. The van der Waals surface area contributed by atoms with Crippen molar-refractivity contribution in [3.63, 3.8) is 0 Å². The molecule has 28 heavy (non-hydrogen) atoms. The lowest BCUT2D eigenvalue weighted by Gasteiger charge is -2.09. The van der Waals surface area contributed by atoms with Gasteiger partial charge < -0.3 is 10.6 Å². The number of nitrogens with one attached hydrogen (secondary N) is 2. The molecular formula is C22H16FN3O2. The van der Waals surface area contributed by atoms with Crippen LogP contribution >= 0.6 is 0 Å². The van der Waals surface area contributed by atoms with Crippen molar-refractivity contribution in [2.75, 3.05) is 10.6 Å². The van der Waals surface area contributed by atoms with Crippen LogP contribution in [-0.2, 0) is 11.2 Å². The fourth-order valence-electron chi connectivity index (χ4n) is 2.59. The Kier molecular flexibility index (Phi) is 5.78. The standard InChI is InChI=1S/C22H16FN3O2/c23-20-12-16(14-24)6-11-19(20)22(28)26-18-9-7-17(8-10-18)25-21(27)13-15-4-2-1-3-5-15/h1-12H,13H2,(H,25,27)(H,26,28). The van der Waals surface area contributed by atoms with Gasteiger partial charge in [0.05, 0.1) is 23.6 Å². The van der Waals surface area contributed by atoms with Crippen molar-refractivity contribution in [3.05, 3.63) is 95.3 Å². The lowest BCUT2D eigenvalue weighted by molar-refractivity contribution is -0.115. The van der Waals surface area contributed by atoms with E-state index in [-0.39, 0.29) is 23.5 Å². The third-order valence-corrected chi connectivity index (χ3v) is 3.98. The van der Waals surface area contributed by atoms with E-state index >= 15 is 0 Å². The Morgan fingerprint density at radius 1 is 0.893 bits per heavy atom. The molecule has 3 rings (SSSR count). The number of halogens is 1. The molecule has 0 fully saturated rings. The summed E-state index contributed by atoms with van der Waals surface area (Å²) in [4.78, 5) is 24.3. The van der Waals surface area contributed by atoms with E-state index in [1.54, 1.807) is 24.3 Å². The minimum atomic E-state index is -0.763. The van der Waals surface area contributed by atoms with Gasteiger partial charge >= 0.3 is 0 Å². The molecule has 2 N–H and O–H groups in total. The second-order valence-corrected chi connectivity index (χ2v) is 6.05. The highest BCUT2D eigenvalue weighted by atomic mass is 19.1. The molecule has 3 aromatic carbocycles. The highest BCUT2D eigenvalue weighted by Crippen LogP contribution is 2.17. The number of nitriles is 1. The predicted molar refractivity (Wildman–Crippen MR) is 104 cm³/mol. The number of benzene rings is 3. The number of nitrogens with zero attached hydrogens (tertiary/aromatic N) is 1. The van der Waals surface area contributed by atoms with Crippen molar-refractivity contribution in [1.29, 1.82) is 5.26 Å². The molecule has 0 saturated carbocycles. The van der Waals surface area contributed by atoms with E-state index in [2.05, 4.69) is 10.6 Å². The summed E-state index contributed by atoms with van der Waals surface area (Å²) < 4.78 is 13.9. The summed E-state index contributed by atoms with van der Waals surface area (Å²) in [6.07, 6.45) is 0.261. The van der Waals surface area contributed by atoms with Crippen molar-refractivity contribution < 1.29 is 14.0 Å². The highest BCUT2D eigenvalue weighted by molar-refractivity contribution is 6.04. The van der Waals surface area contributed by atoms with E-state index in [1.807, 2.05) is 36.4 Å². The van der Waals surface area contributed by atoms with Gasteiger partial charge in [-0.2, -0.15) is 5.26 Å². The Bertz CT molecular complexity index is 1040. The van der Waals surface area contributed by atoms with E-state index in [1.165, 1.54) is 12.1 Å². The molecule has 138 valence electrons. The maximum Gasteiger partial charge on any atom is 0.258 e. The number of hydrogen-bond donors (Lipinski definition) is 2. The molecule has 0 radical (unpaired) electrons. The fraction of sp³-hybridized carbons (Fsp3) is 0.0455. The second kappa shape index (κ2) is 8.60. The van der Waals surface area contributed by atoms with E-state index in [4.69, 9.17) is 5.26 Å². The number of carbonyl (C=O) groups excluding carboxylic acids is 2. The third-order valence-electron chi connectivity index (χ3n) is 3.98. The van der Waals surface area contributed by atoms with E-state index in [9.17, 15) is 14.0 Å². The maximum absolute atomic E-state index is 13.9. The number of amides is 2. The van der Waals surface area contributed by atoms with Crippen molar-refractivity contribution in [3.8, 4) is 6.07 Å². The van der Waals surface area contributed by atoms with Crippen LogP contribution in [-0.4, -0.2) is 11.8 Å². The van der Waals surface area contributed by atoms with E-state index in [0.29, 0.717) is 11.4 Å². The quantitative estimate of drug-likeness (QED) is 0.705. The first-order valence-electron chi connectivity index (χ1n) is 8.50. The van der Waals surface area contributed by atoms with Crippen LogP contribution in [0.25, 0.3) is 0 Å². The molecule has 6 heteroatoms. The zero-order valence-corrected chi connectivity index (χ0v) is 14.8. The molecule has 0 saturated heterocycles. The molecular weight excluding hydrogens is 357 g/mol. The Morgan fingerprint density at radius 3 is 2.14 bits per heavy atom. The summed E-state index contributed by atoms with van der Waals surface area (Å²) in [5.41, 5.74) is 1.94. The molecule has 0 heterocycles. The summed E-state index contributed by atoms with van der Waals surface area (Å²) in [7, 11) is 0. The lowest BCUT2D eigenvalue weighted by Crippen LogP contribution is -2.15. The SMILES string of the molecule is N#Cc1ccc(C(=O)Nc2ccc(NC(=O)Cc3ccccc3)cc2)c(F)c1. The smallest absolute Gasteiger partial charge is 0.258 e. The number of rotatable bonds is 5. The van der Waals surface area contributed by atoms with Gasteiger partial charge in [0.25, 0.3) is 5.91 Å². The van der Waals surface area contributed by atoms with Crippen LogP contribution in [0.15, 0.2) is 72.8 Å². The van der Waals surface area contributed by atoms with Crippen LogP contribution in [0.3, 0.4) is 0 Å². The molecule has 0 unspecified atom stereocenters. The van der Waals surface area contributed by atoms with Crippen molar-refractivity contribution in [2.24, 2.45) is 0 Å². The van der Waals surface area contributed by atoms with Gasteiger partial charge in [0.15, 0.2) is 0 Å². The highest BCUT2D eigenvalue weighted by Gasteiger charge is 2.13. The van der Waals surface area contributed by atoms with Gasteiger partial charge in [0.2, 0.25) is 5.91 Å². The van der Waals surface area contributed by atoms with Gasteiger partial charge in [-0.3, -0.25) is 9.59 Å².